The predicted molar refractivity (Wildman–Crippen MR) is 82.6 cm³/mol. The van der Waals surface area contributed by atoms with Crippen LogP contribution in [0.25, 0.3) is 0 Å². The summed E-state index contributed by atoms with van der Waals surface area (Å²) in [5.74, 6) is -1.69. The second kappa shape index (κ2) is 6.16. The number of β-amino-alcohol motifs (C(OH)–C–C–N with tert-alkyl or cyclic N) is 1. The number of benzene rings is 1. The van der Waals surface area contributed by atoms with Crippen LogP contribution in [0.5, 0.6) is 0 Å². The first-order valence-electron chi connectivity index (χ1n) is 7.50. The number of amides is 1. The third-order valence-corrected chi connectivity index (χ3v) is 4.22. The van der Waals surface area contributed by atoms with Gasteiger partial charge in [-0.3, -0.25) is 9.59 Å². The number of hydrogen-bond donors (Lipinski definition) is 2. The fourth-order valence-corrected chi connectivity index (χ4v) is 3.06. The Hall–Kier alpha value is -2.54. The summed E-state index contributed by atoms with van der Waals surface area (Å²) in [4.78, 5) is 27.8. The molecule has 24 heavy (non-hydrogen) atoms. The van der Waals surface area contributed by atoms with E-state index < -0.39 is 29.7 Å². The van der Waals surface area contributed by atoms with Crippen molar-refractivity contribution in [2.75, 3.05) is 6.54 Å². The number of aromatic amines is 1. The summed E-state index contributed by atoms with van der Waals surface area (Å²) in [7, 11) is 0. The van der Waals surface area contributed by atoms with Gasteiger partial charge in [0.15, 0.2) is 0 Å². The molecule has 0 spiro atoms. The first-order valence-corrected chi connectivity index (χ1v) is 7.50. The molecule has 1 saturated heterocycles. The normalized spacial score (nSPS) is 20.4. The van der Waals surface area contributed by atoms with Crippen molar-refractivity contribution in [1.82, 2.24) is 9.88 Å². The molecule has 0 saturated carbocycles. The van der Waals surface area contributed by atoms with E-state index in [-0.39, 0.29) is 29.7 Å². The predicted octanol–water partition coefficient (Wildman–Crippen LogP) is 1.91. The SMILES string of the molecule is Cc1cc(=O)[nH]cc1C(=O)N1CC(O)CC1c1cc(F)ccc1F. The van der Waals surface area contributed by atoms with E-state index in [4.69, 9.17) is 0 Å². The first-order chi connectivity index (χ1) is 11.4. The van der Waals surface area contributed by atoms with E-state index in [9.17, 15) is 23.5 Å². The summed E-state index contributed by atoms with van der Waals surface area (Å²) in [5, 5.41) is 9.93. The number of H-pyrrole nitrogens is 1. The largest absolute Gasteiger partial charge is 0.391 e. The monoisotopic (exact) mass is 334 g/mol. The van der Waals surface area contributed by atoms with Crippen LogP contribution < -0.4 is 5.56 Å². The minimum Gasteiger partial charge on any atom is -0.391 e. The third kappa shape index (κ3) is 2.94. The molecule has 2 atom stereocenters. The van der Waals surface area contributed by atoms with Crippen molar-refractivity contribution in [2.24, 2.45) is 0 Å². The minimum absolute atomic E-state index is 0.0119. The van der Waals surface area contributed by atoms with E-state index in [1.807, 2.05) is 0 Å². The number of aliphatic hydroxyl groups is 1. The number of likely N-dealkylation sites (tertiary alicyclic amines) is 1. The Balaban J connectivity index is 2.00. The Kier molecular flexibility index (Phi) is 4.19. The molecule has 0 radical (unpaired) electrons. The summed E-state index contributed by atoms with van der Waals surface area (Å²) in [6, 6.07) is 3.57. The number of aliphatic hydroxyl groups excluding tert-OH is 1. The van der Waals surface area contributed by atoms with Crippen molar-refractivity contribution in [3.8, 4) is 0 Å². The van der Waals surface area contributed by atoms with Crippen LogP contribution in [0.3, 0.4) is 0 Å². The van der Waals surface area contributed by atoms with Crippen LogP contribution in [0.4, 0.5) is 8.78 Å². The molecule has 126 valence electrons. The lowest BCUT2D eigenvalue weighted by molar-refractivity contribution is 0.0712. The van der Waals surface area contributed by atoms with E-state index in [2.05, 4.69) is 4.98 Å². The summed E-state index contributed by atoms with van der Waals surface area (Å²) in [6.07, 6.45) is 0.586. The van der Waals surface area contributed by atoms with Crippen molar-refractivity contribution < 1.29 is 18.7 Å². The topological polar surface area (TPSA) is 73.4 Å². The van der Waals surface area contributed by atoms with E-state index in [1.54, 1.807) is 6.92 Å². The number of rotatable bonds is 2. The number of nitrogens with zero attached hydrogens (tertiary/aromatic N) is 1. The number of hydrogen-bond acceptors (Lipinski definition) is 3. The molecule has 2 N–H and O–H groups in total. The lowest BCUT2D eigenvalue weighted by atomic mass is 10.0. The zero-order chi connectivity index (χ0) is 17.4. The van der Waals surface area contributed by atoms with Gasteiger partial charge in [0.25, 0.3) is 5.91 Å². The highest BCUT2D eigenvalue weighted by atomic mass is 19.1. The molecule has 2 aromatic rings. The maximum atomic E-state index is 14.1. The van der Waals surface area contributed by atoms with Crippen molar-refractivity contribution in [1.29, 1.82) is 0 Å². The van der Waals surface area contributed by atoms with Gasteiger partial charge in [-0.15, -0.1) is 0 Å². The zero-order valence-corrected chi connectivity index (χ0v) is 12.9. The van der Waals surface area contributed by atoms with Gasteiger partial charge in [0.1, 0.15) is 11.6 Å². The quantitative estimate of drug-likeness (QED) is 0.881. The molecular formula is C17H16F2N2O3. The number of carbonyl (C=O) groups excluding carboxylic acids is 1. The number of pyridine rings is 1. The molecule has 1 aliphatic heterocycles. The standard InChI is InChI=1S/C17H16F2N2O3/c1-9-4-16(23)20-7-13(9)17(24)21-8-11(22)6-15(21)12-5-10(18)2-3-14(12)19/h2-5,7,11,15,22H,6,8H2,1H3,(H,20,23). The summed E-state index contributed by atoms with van der Waals surface area (Å²) in [6.45, 7) is 1.63. The Morgan fingerprint density at radius 1 is 1.33 bits per heavy atom. The highest BCUT2D eigenvalue weighted by Gasteiger charge is 2.37. The summed E-state index contributed by atoms with van der Waals surface area (Å²) in [5.41, 5.74) is 0.425. The Bertz CT molecular complexity index is 850. The smallest absolute Gasteiger partial charge is 0.256 e. The lowest BCUT2D eigenvalue weighted by Gasteiger charge is -2.25. The maximum Gasteiger partial charge on any atom is 0.256 e. The molecule has 7 heteroatoms. The molecule has 1 aromatic carbocycles. The van der Waals surface area contributed by atoms with Crippen LogP contribution in [-0.2, 0) is 0 Å². The molecule has 1 amide bonds. The van der Waals surface area contributed by atoms with Crippen molar-refractivity contribution in [2.45, 2.75) is 25.5 Å². The summed E-state index contributed by atoms with van der Waals surface area (Å²) >= 11 is 0. The second-order valence-electron chi connectivity index (χ2n) is 5.92. The van der Waals surface area contributed by atoms with Gasteiger partial charge >= 0.3 is 0 Å². The molecule has 0 aliphatic carbocycles. The second-order valence-corrected chi connectivity index (χ2v) is 5.92. The average Bonchev–Trinajstić information content (AvgIpc) is 2.91. The molecule has 1 aliphatic rings. The van der Waals surface area contributed by atoms with Gasteiger partial charge in [-0.1, -0.05) is 0 Å². The van der Waals surface area contributed by atoms with Crippen LogP contribution in [0.2, 0.25) is 0 Å². The van der Waals surface area contributed by atoms with Gasteiger partial charge in [0, 0.05) is 24.4 Å². The van der Waals surface area contributed by atoms with Crippen LogP contribution in [0, 0.1) is 18.6 Å². The lowest BCUT2D eigenvalue weighted by Crippen LogP contribution is -2.33. The van der Waals surface area contributed by atoms with Crippen LogP contribution in [0.15, 0.2) is 35.3 Å². The number of aryl methyl sites for hydroxylation is 1. The first kappa shape index (κ1) is 16.3. The molecule has 2 unspecified atom stereocenters. The van der Waals surface area contributed by atoms with E-state index in [1.165, 1.54) is 17.2 Å². The minimum atomic E-state index is -0.829. The Labute approximate surface area is 136 Å². The molecule has 0 bridgehead atoms. The number of halogens is 2. The van der Waals surface area contributed by atoms with Gasteiger partial charge < -0.3 is 15.0 Å². The third-order valence-electron chi connectivity index (χ3n) is 4.22. The van der Waals surface area contributed by atoms with Crippen LogP contribution >= 0.6 is 0 Å². The van der Waals surface area contributed by atoms with E-state index >= 15 is 0 Å². The van der Waals surface area contributed by atoms with Crippen molar-refractivity contribution >= 4 is 5.91 Å². The van der Waals surface area contributed by atoms with Crippen molar-refractivity contribution in [3.05, 3.63) is 69.1 Å². The van der Waals surface area contributed by atoms with E-state index in [0.717, 1.165) is 18.2 Å². The molecule has 1 aromatic heterocycles. The Morgan fingerprint density at radius 2 is 2.08 bits per heavy atom. The van der Waals surface area contributed by atoms with Gasteiger partial charge in [0.2, 0.25) is 5.56 Å². The van der Waals surface area contributed by atoms with Gasteiger partial charge in [0.05, 0.1) is 17.7 Å². The molecular weight excluding hydrogens is 318 g/mol. The highest BCUT2D eigenvalue weighted by Crippen LogP contribution is 2.35. The molecule has 3 rings (SSSR count). The fourth-order valence-electron chi connectivity index (χ4n) is 3.06. The van der Waals surface area contributed by atoms with Gasteiger partial charge in [-0.05, 0) is 37.1 Å². The number of carbonyl (C=O) groups is 1. The summed E-state index contributed by atoms with van der Waals surface area (Å²) < 4.78 is 27.6. The highest BCUT2D eigenvalue weighted by molar-refractivity contribution is 5.95. The Morgan fingerprint density at radius 3 is 2.79 bits per heavy atom. The fraction of sp³-hybridized carbons (Fsp3) is 0.294. The van der Waals surface area contributed by atoms with Gasteiger partial charge in [-0.2, -0.15) is 0 Å². The molecule has 5 nitrogen and oxygen atoms in total. The van der Waals surface area contributed by atoms with Crippen LogP contribution in [0.1, 0.15) is 33.9 Å². The van der Waals surface area contributed by atoms with E-state index in [0.29, 0.717) is 5.56 Å². The zero-order valence-electron chi connectivity index (χ0n) is 12.9. The van der Waals surface area contributed by atoms with Crippen molar-refractivity contribution in [3.63, 3.8) is 0 Å². The number of nitrogens with one attached hydrogen (secondary N) is 1. The molecule has 1 fully saturated rings. The number of aromatic nitrogens is 1. The maximum absolute atomic E-state index is 14.1. The van der Waals surface area contributed by atoms with Gasteiger partial charge in [-0.25, -0.2) is 8.78 Å². The average molecular weight is 334 g/mol. The molecule has 2 heterocycles. The van der Waals surface area contributed by atoms with Crippen LogP contribution in [-0.4, -0.2) is 33.5 Å².